The number of halogens is 1. The minimum Gasteiger partial charge on any atom is -0.352 e. The quantitative estimate of drug-likeness (QED) is 0.764. The first kappa shape index (κ1) is 17.3. The maximum absolute atomic E-state index is 12.3. The second-order valence-corrected chi connectivity index (χ2v) is 6.42. The van der Waals surface area contributed by atoms with Crippen molar-refractivity contribution in [1.82, 2.24) is 15.5 Å². The molecular weight excluding hydrogens is 302 g/mol. The number of nitrogens with one attached hydrogen (secondary N) is 2. The topological polar surface area (TPSA) is 61.4 Å². The summed E-state index contributed by atoms with van der Waals surface area (Å²) in [6, 6.07) is 0.391. The molecule has 0 aromatic heterocycles. The molecule has 1 saturated heterocycles. The van der Waals surface area contributed by atoms with Crippen molar-refractivity contribution >= 4 is 24.2 Å². The number of likely N-dealkylation sites (tertiary alicyclic amines) is 1. The molecule has 22 heavy (non-hydrogen) atoms. The summed E-state index contributed by atoms with van der Waals surface area (Å²) in [4.78, 5) is 26.3. The minimum atomic E-state index is -0.152. The molecule has 0 aromatic rings. The molecule has 0 spiro atoms. The van der Waals surface area contributed by atoms with Gasteiger partial charge in [-0.3, -0.25) is 9.59 Å². The summed E-state index contributed by atoms with van der Waals surface area (Å²) < 4.78 is 0. The van der Waals surface area contributed by atoms with Crippen LogP contribution in [0.4, 0.5) is 0 Å². The molecule has 0 bridgehead atoms. The molecule has 1 unspecified atom stereocenters. The fraction of sp³-hybridized carbons (Fsp3) is 0.750. The molecule has 124 valence electrons. The smallest absolute Gasteiger partial charge is 0.225 e. The van der Waals surface area contributed by atoms with E-state index in [2.05, 4.69) is 16.7 Å². The average molecular weight is 328 g/mol. The average Bonchev–Trinajstić information content (AvgIpc) is 3.15. The van der Waals surface area contributed by atoms with Gasteiger partial charge in [-0.15, -0.1) is 12.4 Å². The largest absolute Gasteiger partial charge is 0.352 e. The van der Waals surface area contributed by atoms with Crippen LogP contribution in [0.2, 0.25) is 0 Å². The zero-order chi connectivity index (χ0) is 14.7. The first-order valence-corrected chi connectivity index (χ1v) is 8.20. The molecule has 3 rings (SSSR count). The molecule has 2 heterocycles. The molecule has 0 aromatic carbocycles. The fourth-order valence-corrected chi connectivity index (χ4v) is 3.65. The Kier molecular flexibility index (Phi) is 6.26. The summed E-state index contributed by atoms with van der Waals surface area (Å²) >= 11 is 0. The van der Waals surface area contributed by atoms with Crippen LogP contribution in [0.15, 0.2) is 11.6 Å². The highest BCUT2D eigenvalue weighted by atomic mass is 35.5. The molecule has 0 radical (unpaired) electrons. The van der Waals surface area contributed by atoms with Gasteiger partial charge in [0, 0.05) is 32.1 Å². The van der Waals surface area contributed by atoms with Crippen molar-refractivity contribution < 1.29 is 9.59 Å². The highest BCUT2D eigenvalue weighted by Gasteiger charge is 2.38. The second-order valence-electron chi connectivity index (χ2n) is 6.42. The van der Waals surface area contributed by atoms with Crippen molar-refractivity contribution in [2.45, 2.75) is 44.6 Å². The Bertz CT molecular complexity index is 447. The van der Waals surface area contributed by atoms with Crippen LogP contribution in [-0.4, -0.2) is 48.9 Å². The Hall–Kier alpha value is -1.07. The van der Waals surface area contributed by atoms with E-state index in [0.29, 0.717) is 25.6 Å². The van der Waals surface area contributed by atoms with Gasteiger partial charge in [0.15, 0.2) is 0 Å². The summed E-state index contributed by atoms with van der Waals surface area (Å²) in [7, 11) is 0. The van der Waals surface area contributed by atoms with Crippen LogP contribution in [0, 0.1) is 5.92 Å². The van der Waals surface area contributed by atoms with Crippen LogP contribution in [-0.2, 0) is 9.59 Å². The number of hydrogen-bond donors (Lipinski definition) is 2. The second kappa shape index (κ2) is 7.97. The molecule has 2 fully saturated rings. The van der Waals surface area contributed by atoms with Crippen molar-refractivity contribution in [3.8, 4) is 0 Å². The van der Waals surface area contributed by atoms with Crippen LogP contribution >= 0.6 is 12.4 Å². The lowest BCUT2D eigenvalue weighted by atomic mass is 10.1. The van der Waals surface area contributed by atoms with E-state index in [1.54, 1.807) is 0 Å². The summed E-state index contributed by atoms with van der Waals surface area (Å²) in [5, 5.41) is 6.27. The first-order valence-electron chi connectivity index (χ1n) is 8.20. The van der Waals surface area contributed by atoms with Gasteiger partial charge in [0.25, 0.3) is 0 Å². The predicted octanol–water partition coefficient (Wildman–Crippen LogP) is 1.24. The zero-order valence-electron chi connectivity index (χ0n) is 13.0. The van der Waals surface area contributed by atoms with Crippen molar-refractivity contribution in [2.24, 2.45) is 5.92 Å². The Balaban J connectivity index is 0.00000176. The van der Waals surface area contributed by atoms with E-state index >= 15 is 0 Å². The van der Waals surface area contributed by atoms with Gasteiger partial charge in [0.1, 0.15) is 0 Å². The summed E-state index contributed by atoms with van der Waals surface area (Å²) in [6.45, 7) is 3.13. The van der Waals surface area contributed by atoms with E-state index in [9.17, 15) is 9.59 Å². The minimum absolute atomic E-state index is 0. The number of carbonyl (C=O) groups excluding carboxylic acids is 2. The first-order chi connectivity index (χ1) is 10.2. The van der Waals surface area contributed by atoms with Crippen molar-refractivity contribution in [1.29, 1.82) is 0 Å². The van der Waals surface area contributed by atoms with Crippen LogP contribution in [0.3, 0.4) is 0 Å². The third-order valence-electron chi connectivity index (χ3n) is 4.94. The fourth-order valence-electron chi connectivity index (χ4n) is 3.65. The number of carbonyl (C=O) groups is 2. The molecule has 6 heteroatoms. The molecule has 1 aliphatic carbocycles. The van der Waals surface area contributed by atoms with Gasteiger partial charge < -0.3 is 15.5 Å². The van der Waals surface area contributed by atoms with Crippen molar-refractivity contribution in [3.63, 3.8) is 0 Å². The zero-order valence-corrected chi connectivity index (χ0v) is 13.8. The molecule has 2 N–H and O–H groups in total. The molecule has 2 aliphatic heterocycles. The molecule has 5 nitrogen and oxygen atoms in total. The normalized spacial score (nSPS) is 25.8. The summed E-state index contributed by atoms with van der Waals surface area (Å²) in [6.07, 6.45) is 8.19. The predicted molar refractivity (Wildman–Crippen MR) is 87.9 cm³/mol. The van der Waals surface area contributed by atoms with Crippen LogP contribution < -0.4 is 10.6 Å². The Morgan fingerprint density at radius 1 is 1.36 bits per heavy atom. The third kappa shape index (κ3) is 4.02. The van der Waals surface area contributed by atoms with Crippen LogP contribution in [0.5, 0.6) is 0 Å². The van der Waals surface area contributed by atoms with Crippen molar-refractivity contribution in [2.75, 3.05) is 26.2 Å². The maximum atomic E-state index is 12.3. The van der Waals surface area contributed by atoms with Gasteiger partial charge in [-0.25, -0.2) is 0 Å². The standard InChI is InChI=1S/C16H25N3O2.ClH/c20-15-9-13(11-19(15)14-3-1-2-4-14)16(21)18-10-12-5-7-17-8-6-12;/h5,13-14,17H,1-4,6-11H2,(H,18,21);1H. The lowest BCUT2D eigenvalue weighted by molar-refractivity contribution is -0.130. The third-order valence-corrected chi connectivity index (χ3v) is 4.94. The highest BCUT2D eigenvalue weighted by Crippen LogP contribution is 2.29. The number of amides is 2. The van der Waals surface area contributed by atoms with E-state index in [0.717, 1.165) is 32.4 Å². The van der Waals surface area contributed by atoms with Gasteiger partial charge in [-0.05, 0) is 25.8 Å². The van der Waals surface area contributed by atoms with Gasteiger partial charge in [-0.2, -0.15) is 0 Å². The van der Waals surface area contributed by atoms with Gasteiger partial charge in [0.05, 0.1) is 5.92 Å². The van der Waals surface area contributed by atoms with Gasteiger partial charge >= 0.3 is 0 Å². The number of nitrogens with zero attached hydrogens (tertiary/aromatic N) is 1. The number of rotatable bonds is 4. The van der Waals surface area contributed by atoms with E-state index in [1.807, 2.05) is 4.90 Å². The Morgan fingerprint density at radius 2 is 2.14 bits per heavy atom. The molecule has 1 saturated carbocycles. The lowest BCUT2D eigenvalue weighted by Crippen LogP contribution is -2.37. The number of hydrogen-bond acceptors (Lipinski definition) is 3. The maximum Gasteiger partial charge on any atom is 0.225 e. The molecule has 3 aliphatic rings. The van der Waals surface area contributed by atoms with E-state index in [-0.39, 0.29) is 30.1 Å². The summed E-state index contributed by atoms with van der Waals surface area (Å²) in [5.41, 5.74) is 1.29. The van der Waals surface area contributed by atoms with E-state index in [4.69, 9.17) is 0 Å². The molecule has 1 atom stereocenters. The van der Waals surface area contributed by atoms with Gasteiger partial charge in [-0.1, -0.05) is 24.5 Å². The van der Waals surface area contributed by atoms with E-state index < -0.39 is 0 Å². The lowest BCUT2D eigenvalue weighted by Gasteiger charge is -2.24. The van der Waals surface area contributed by atoms with E-state index in [1.165, 1.54) is 18.4 Å². The molecular formula is C16H26ClN3O2. The summed E-state index contributed by atoms with van der Waals surface area (Å²) in [5.74, 6) is 0.0619. The van der Waals surface area contributed by atoms with Crippen molar-refractivity contribution in [3.05, 3.63) is 11.6 Å². The Labute approximate surface area is 138 Å². The Morgan fingerprint density at radius 3 is 2.82 bits per heavy atom. The molecule has 2 amide bonds. The highest BCUT2D eigenvalue weighted by molar-refractivity contribution is 5.89. The van der Waals surface area contributed by atoms with Crippen LogP contribution in [0.25, 0.3) is 0 Å². The van der Waals surface area contributed by atoms with Crippen LogP contribution in [0.1, 0.15) is 38.5 Å². The SMILES string of the molecule is Cl.O=C(NCC1=CCNCC1)C1CC(=O)N(C2CCCC2)C1. The van der Waals surface area contributed by atoms with Gasteiger partial charge in [0.2, 0.25) is 11.8 Å². The monoisotopic (exact) mass is 327 g/mol.